The van der Waals surface area contributed by atoms with Gasteiger partial charge in [0.1, 0.15) is 23.0 Å². The zero-order chi connectivity index (χ0) is 38.5. The molecule has 0 N–H and O–H groups in total. The van der Waals surface area contributed by atoms with Gasteiger partial charge < -0.3 is 28.1 Å². The molecule has 0 fully saturated rings. The van der Waals surface area contributed by atoms with Gasteiger partial charge in [-0.1, -0.05) is 60.7 Å². The second-order valence-corrected chi connectivity index (χ2v) is 19.6. The van der Waals surface area contributed by atoms with Crippen molar-refractivity contribution in [3.05, 3.63) is 158 Å². The summed E-state index contributed by atoms with van der Waals surface area (Å²) in [5.41, 5.74) is 0. The van der Waals surface area contributed by atoms with Crippen molar-refractivity contribution in [3.8, 4) is 23.0 Å². The van der Waals surface area contributed by atoms with Gasteiger partial charge in [-0.3, -0.25) is 0 Å². The van der Waals surface area contributed by atoms with Crippen LogP contribution in [0.1, 0.15) is 51.4 Å². The Morgan fingerprint density at radius 3 is 0.714 bits per heavy atom. The van der Waals surface area contributed by atoms with E-state index in [-0.39, 0.29) is 0 Å². The topological polar surface area (TPSA) is 71.1 Å². The second-order valence-electron chi connectivity index (χ2n) is 14.1. The molecule has 0 aromatic heterocycles. The highest BCUT2D eigenvalue weighted by Crippen LogP contribution is 2.44. The quantitative estimate of drug-likeness (QED) is 0.163. The predicted molar refractivity (Wildman–Crippen MR) is 231 cm³/mol. The average molecular weight is 785 g/mol. The van der Waals surface area contributed by atoms with Crippen LogP contribution in [0.2, 0.25) is 0 Å². The molecular formula is C48H50O6P2. The lowest BCUT2D eigenvalue weighted by molar-refractivity contribution is 0.287. The van der Waals surface area contributed by atoms with Crippen molar-refractivity contribution in [2.75, 3.05) is 26.4 Å². The first-order valence-electron chi connectivity index (χ1n) is 19.8. The van der Waals surface area contributed by atoms with Crippen LogP contribution in [-0.2, 0) is 9.13 Å². The third-order valence-corrected chi connectivity index (χ3v) is 16.3. The van der Waals surface area contributed by atoms with Crippen molar-refractivity contribution in [1.29, 1.82) is 0 Å². The summed E-state index contributed by atoms with van der Waals surface area (Å²) in [5.74, 6) is 3.06. The summed E-state index contributed by atoms with van der Waals surface area (Å²) in [7, 11) is -6.24. The second kappa shape index (κ2) is 19.2. The van der Waals surface area contributed by atoms with Gasteiger partial charge in [0.25, 0.3) is 0 Å². The monoisotopic (exact) mass is 784 g/mol. The lowest BCUT2D eigenvalue weighted by Gasteiger charge is -2.21. The van der Waals surface area contributed by atoms with Gasteiger partial charge in [0.05, 0.1) is 26.4 Å². The molecule has 0 saturated carbocycles. The summed E-state index contributed by atoms with van der Waals surface area (Å²) in [6.07, 6.45) is 7.79. The molecule has 0 unspecified atom stereocenters. The van der Waals surface area contributed by atoms with Gasteiger partial charge >= 0.3 is 0 Å². The fourth-order valence-electron chi connectivity index (χ4n) is 7.05. The third kappa shape index (κ3) is 9.49. The Labute approximate surface area is 331 Å². The van der Waals surface area contributed by atoms with E-state index in [9.17, 15) is 9.13 Å². The highest BCUT2D eigenvalue weighted by molar-refractivity contribution is 7.85. The highest BCUT2D eigenvalue weighted by Gasteiger charge is 2.31. The molecule has 0 saturated heterocycles. The minimum absolute atomic E-state index is 0.608. The Balaban J connectivity index is 1.04. The Hall–Kier alpha value is -5.02. The highest BCUT2D eigenvalue weighted by atomic mass is 31.2. The number of hydrogen-bond acceptors (Lipinski definition) is 6. The van der Waals surface area contributed by atoms with Gasteiger partial charge in [-0.2, -0.15) is 0 Å². The van der Waals surface area contributed by atoms with Crippen LogP contribution in [0.15, 0.2) is 158 Å². The summed E-state index contributed by atoms with van der Waals surface area (Å²) < 4.78 is 54.3. The van der Waals surface area contributed by atoms with Crippen molar-refractivity contribution in [2.45, 2.75) is 51.4 Å². The molecule has 8 heteroatoms. The maximum atomic E-state index is 15.0. The van der Waals surface area contributed by atoms with Crippen LogP contribution in [0.25, 0.3) is 0 Å². The zero-order valence-corrected chi connectivity index (χ0v) is 33.6. The van der Waals surface area contributed by atoms with Crippen molar-refractivity contribution in [3.63, 3.8) is 0 Å². The molecule has 13 rings (SSSR count). The predicted octanol–water partition coefficient (Wildman–Crippen LogP) is 9.32. The Bertz CT molecular complexity index is 1910. The lowest BCUT2D eigenvalue weighted by Crippen LogP contribution is -2.25. The van der Waals surface area contributed by atoms with Crippen LogP contribution >= 0.6 is 14.3 Å². The van der Waals surface area contributed by atoms with Crippen LogP contribution in [0.3, 0.4) is 0 Å². The first-order chi connectivity index (χ1) is 27.5. The van der Waals surface area contributed by atoms with E-state index in [1.807, 2.05) is 158 Å². The van der Waals surface area contributed by atoms with Crippen LogP contribution < -0.4 is 50.8 Å². The first kappa shape index (κ1) is 39.2. The van der Waals surface area contributed by atoms with E-state index in [0.29, 0.717) is 26.4 Å². The van der Waals surface area contributed by atoms with Gasteiger partial charge in [0, 0.05) is 31.8 Å². The number of rotatable bonds is 2. The maximum absolute atomic E-state index is 15.0. The normalized spacial score (nSPS) is 20.1. The van der Waals surface area contributed by atoms with Gasteiger partial charge in [0.15, 0.2) is 14.3 Å². The minimum Gasteiger partial charge on any atom is -0.494 e. The van der Waals surface area contributed by atoms with E-state index in [4.69, 9.17) is 18.9 Å². The average Bonchev–Trinajstić information content (AvgIpc) is 3.26. The SMILES string of the molecule is O=P1(c2ccccc2)c2ccc(cc2)OCCCCCCOc2ccc(cc2)P(=O)(c2ccccc2)c2ccc(cc2)OCCCCCCOc2ccc1cc2. The summed E-state index contributed by atoms with van der Waals surface area (Å²) >= 11 is 0. The largest absolute Gasteiger partial charge is 0.494 e. The lowest BCUT2D eigenvalue weighted by atomic mass is 10.2. The van der Waals surface area contributed by atoms with E-state index in [0.717, 1.165) is 106 Å². The molecule has 6 aromatic rings. The molecule has 0 atom stereocenters. The van der Waals surface area contributed by atoms with E-state index in [1.54, 1.807) is 0 Å². The minimum atomic E-state index is -3.12. The Kier molecular flexibility index (Phi) is 13.5. The van der Waals surface area contributed by atoms with Crippen molar-refractivity contribution in [2.24, 2.45) is 0 Å². The molecule has 288 valence electrons. The van der Waals surface area contributed by atoms with Gasteiger partial charge in [-0.05, 0) is 148 Å². The molecule has 0 spiro atoms. The molecule has 0 aliphatic carbocycles. The third-order valence-electron chi connectivity index (χ3n) is 10.2. The number of hydrogen-bond donors (Lipinski definition) is 0. The van der Waals surface area contributed by atoms with Gasteiger partial charge in [-0.15, -0.1) is 0 Å². The maximum Gasteiger partial charge on any atom is 0.171 e. The molecule has 56 heavy (non-hydrogen) atoms. The molecule has 7 heterocycles. The molecule has 6 aromatic carbocycles. The molecule has 0 amide bonds. The summed E-state index contributed by atoms with van der Waals surface area (Å²) in [6.45, 7) is 2.43. The summed E-state index contributed by atoms with van der Waals surface area (Å²) in [4.78, 5) is 0. The van der Waals surface area contributed by atoms with E-state index >= 15 is 0 Å². The molecule has 6 nitrogen and oxygen atoms in total. The standard InChI is InChI=1S/C48H50O6P2/c49-55(43-15-7-5-8-16-43)45-27-19-39(20-28-45)51-35-11-1-2-12-36-52-40-21-29-46(30-22-40)56(50,44-17-9-6-10-18-44)48-33-25-42(26-34-48)54-38-14-4-3-13-37-53-41-23-31-47(55)32-24-41/h5-10,15-34H,1-4,11-14,35-38H2. The molecule has 0 radical (unpaired) electrons. The molecule has 8 bridgehead atoms. The molecular weight excluding hydrogens is 734 g/mol. The Morgan fingerprint density at radius 1 is 0.268 bits per heavy atom. The van der Waals surface area contributed by atoms with Gasteiger partial charge in [-0.25, -0.2) is 0 Å². The first-order valence-corrected chi connectivity index (χ1v) is 23.2. The van der Waals surface area contributed by atoms with E-state index < -0.39 is 14.3 Å². The van der Waals surface area contributed by atoms with Crippen LogP contribution in [0, 0.1) is 0 Å². The van der Waals surface area contributed by atoms with Crippen molar-refractivity contribution >= 4 is 46.1 Å². The number of benzene rings is 6. The van der Waals surface area contributed by atoms with E-state index in [2.05, 4.69) is 0 Å². The summed E-state index contributed by atoms with van der Waals surface area (Å²) in [5, 5.41) is 4.65. The van der Waals surface area contributed by atoms with Crippen LogP contribution in [-0.4, -0.2) is 26.4 Å². The fraction of sp³-hybridized carbons (Fsp3) is 0.250. The van der Waals surface area contributed by atoms with Gasteiger partial charge in [0.2, 0.25) is 0 Å². The number of ether oxygens (including phenoxy) is 4. The van der Waals surface area contributed by atoms with Crippen LogP contribution in [0.4, 0.5) is 0 Å². The molecule has 7 aliphatic rings. The van der Waals surface area contributed by atoms with Crippen LogP contribution in [0.5, 0.6) is 23.0 Å². The fourth-order valence-corrected chi connectivity index (χ4v) is 12.3. The Morgan fingerprint density at radius 2 is 0.482 bits per heavy atom. The zero-order valence-electron chi connectivity index (χ0n) is 31.8. The van der Waals surface area contributed by atoms with E-state index in [1.165, 1.54) is 0 Å². The smallest absolute Gasteiger partial charge is 0.171 e. The van der Waals surface area contributed by atoms with Crippen molar-refractivity contribution < 1.29 is 28.1 Å². The van der Waals surface area contributed by atoms with Crippen molar-refractivity contribution in [1.82, 2.24) is 0 Å². The summed E-state index contributed by atoms with van der Waals surface area (Å²) in [6, 6.07) is 50.3. The molecule has 7 aliphatic heterocycles.